The molecule has 1 aromatic carbocycles. The van der Waals surface area contributed by atoms with E-state index < -0.39 is 11.8 Å². The van der Waals surface area contributed by atoms with Crippen molar-refractivity contribution in [2.75, 3.05) is 18.0 Å². The molecule has 0 bridgehead atoms. The van der Waals surface area contributed by atoms with Gasteiger partial charge in [-0.1, -0.05) is 26.7 Å². The van der Waals surface area contributed by atoms with Gasteiger partial charge in [0, 0.05) is 13.1 Å². The summed E-state index contributed by atoms with van der Waals surface area (Å²) in [5, 5.41) is 9.22. The third-order valence-corrected chi connectivity index (χ3v) is 4.85. The average Bonchev–Trinajstić information content (AvgIpc) is 2.47. The number of anilines is 1. The highest BCUT2D eigenvalue weighted by Gasteiger charge is 2.32. The number of piperidine rings is 1. The van der Waals surface area contributed by atoms with E-state index in [0.717, 1.165) is 44.8 Å². The van der Waals surface area contributed by atoms with E-state index in [-0.39, 0.29) is 5.56 Å². The maximum Gasteiger partial charge on any atom is 0.337 e. The normalized spacial score (nSPS) is 18.1. The third kappa shape index (κ3) is 2.79. The molecule has 3 nitrogen and oxygen atoms in total. The predicted molar refractivity (Wildman–Crippen MR) is 77.8 cm³/mol. The first-order valence-corrected chi connectivity index (χ1v) is 7.29. The molecule has 0 aromatic heterocycles. The van der Waals surface area contributed by atoms with E-state index in [1.165, 1.54) is 6.07 Å². The fourth-order valence-corrected chi connectivity index (χ4v) is 3.13. The minimum atomic E-state index is -1.07. The highest BCUT2D eigenvalue weighted by molar-refractivity contribution is 5.94. The Balaban J connectivity index is 2.21. The molecule has 110 valence electrons. The summed E-state index contributed by atoms with van der Waals surface area (Å²) in [7, 11) is 0. The van der Waals surface area contributed by atoms with Gasteiger partial charge in [-0.3, -0.25) is 0 Å². The van der Waals surface area contributed by atoms with Crippen LogP contribution in [0.5, 0.6) is 0 Å². The molecule has 1 fully saturated rings. The lowest BCUT2D eigenvalue weighted by atomic mass is 9.74. The van der Waals surface area contributed by atoms with Crippen LogP contribution in [0.2, 0.25) is 0 Å². The smallest absolute Gasteiger partial charge is 0.337 e. The predicted octanol–water partition coefficient (Wildman–Crippen LogP) is 3.93. The average molecular weight is 279 g/mol. The quantitative estimate of drug-likeness (QED) is 0.907. The van der Waals surface area contributed by atoms with Gasteiger partial charge in [-0.2, -0.15) is 0 Å². The monoisotopic (exact) mass is 279 g/mol. The Hall–Kier alpha value is -1.58. The molecule has 0 radical (unpaired) electrons. The zero-order valence-electron chi connectivity index (χ0n) is 12.2. The SMILES string of the molecule is CCC1(CC)CCN(c2ccc(F)cc2C(=O)O)CC1. The van der Waals surface area contributed by atoms with Gasteiger partial charge >= 0.3 is 5.97 Å². The summed E-state index contributed by atoms with van der Waals surface area (Å²) in [5.41, 5.74) is 1.09. The molecular formula is C16H22FNO2. The minimum Gasteiger partial charge on any atom is -0.478 e. The zero-order valence-corrected chi connectivity index (χ0v) is 12.2. The van der Waals surface area contributed by atoms with Crippen molar-refractivity contribution in [1.29, 1.82) is 0 Å². The molecule has 1 aromatic rings. The molecule has 1 aliphatic rings. The molecule has 0 aliphatic carbocycles. The van der Waals surface area contributed by atoms with Gasteiger partial charge in [0.05, 0.1) is 11.3 Å². The van der Waals surface area contributed by atoms with Crippen molar-refractivity contribution >= 4 is 11.7 Å². The van der Waals surface area contributed by atoms with Crippen LogP contribution in [0.1, 0.15) is 49.9 Å². The van der Waals surface area contributed by atoms with Crippen LogP contribution in [0.15, 0.2) is 18.2 Å². The number of rotatable bonds is 4. The van der Waals surface area contributed by atoms with Gasteiger partial charge in [0.25, 0.3) is 0 Å². The molecular weight excluding hydrogens is 257 g/mol. The molecule has 2 rings (SSSR count). The molecule has 1 saturated heterocycles. The Morgan fingerprint density at radius 3 is 2.40 bits per heavy atom. The van der Waals surface area contributed by atoms with Crippen LogP contribution in [0.3, 0.4) is 0 Å². The zero-order chi connectivity index (χ0) is 14.8. The second-order valence-electron chi connectivity index (χ2n) is 5.66. The largest absolute Gasteiger partial charge is 0.478 e. The second kappa shape index (κ2) is 5.81. The first kappa shape index (κ1) is 14.8. The molecule has 1 aliphatic heterocycles. The molecule has 0 unspecified atom stereocenters. The van der Waals surface area contributed by atoms with E-state index in [0.29, 0.717) is 11.1 Å². The minimum absolute atomic E-state index is 0.0606. The highest BCUT2D eigenvalue weighted by Crippen LogP contribution is 2.39. The summed E-state index contributed by atoms with van der Waals surface area (Å²) >= 11 is 0. The molecule has 4 heteroatoms. The fraction of sp³-hybridized carbons (Fsp3) is 0.562. The Kier molecular flexibility index (Phi) is 4.31. The lowest BCUT2D eigenvalue weighted by molar-refractivity contribution is 0.0696. The number of carbonyl (C=O) groups is 1. The van der Waals surface area contributed by atoms with Crippen LogP contribution in [0, 0.1) is 11.2 Å². The van der Waals surface area contributed by atoms with Gasteiger partial charge < -0.3 is 10.0 Å². The summed E-state index contributed by atoms with van der Waals surface area (Å²) in [5.74, 6) is -1.57. The summed E-state index contributed by atoms with van der Waals surface area (Å²) in [6, 6.07) is 4.03. The summed E-state index contributed by atoms with van der Waals surface area (Å²) in [6.45, 7) is 6.13. The number of carboxylic acids is 1. The standard InChI is InChI=1S/C16H22FNO2/c1-3-16(4-2)7-9-18(10-8-16)14-6-5-12(17)11-13(14)15(19)20/h5-6,11H,3-4,7-10H2,1-2H3,(H,19,20). The van der Waals surface area contributed by atoms with Crippen LogP contribution in [0.4, 0.5) is 10.1 Å². The molecule has 0 amide bonds. The molecule has 1 heterocycles. The van der Waals surface area contributed by atoms with Crippen molar-refractivity contribution in [3.8, 4) is 0 Å². The molecule has 1 N–H and O–H groups in total. The van der Waals surface area contributed by atoms with Crippen molar-refractivity contribution in [3.05, 3.63) is 29.6 Å². The van der Waals surface area contributed by atoms with Gasteiger partial charge in [0.15, 0.2) is 0 Å². The van der Waals surface area contributed by atoms with E-state index in [4.69, 9.17) is 0 Å². The Labute approximate surface area is 119 Å². The number of carboxylic acid groups (broad SMARTS) is 1. The van der Waals surface area contributed by atoms with Crippen LogP contribution in [-0.4, -0.2) is 24.2 Å². The van der Waals surface area contributed by atoms with Gasteiger partial charge in [-0.25, -0.2) is 9.18 Å². The lowest BCUT2D eigenvalue weighted by Gasteiger charge is -2.42. The number of hydrogen-bond donors (Lipinski definition) is 1. The highest BCUT2D eigenvalue weighted by atomic mass is 19.1. The summed E-state index contributed by atoms with van der Waals surface area (Å²) < 4.78 is 13.2. The van der Waals surface area contributed by atoms with Gasteiger partial charge in [0.2, 0.25) is 0 Å². The van der Waals surface area contributed by atoms with Crippen molar-refractivity contribution in [2.45, 2.75) is 39.5 Å². The van der Waals surface area contributed by atoms with Crippen molar-refractivity contribution < 1.29 is 14.3 Å². The maximum absolute atomic E-state index is 13.2. The molecule has 0 spiro atoms. The lowest BCUT2D eigenvalue weighted by Crippen LogP contribution is -2.40. The van der Waals surface area contributed by atoms with E-state index in [1.54, 1.807) is 6.07 Å². The Bertz CT molecular complexity index is 487. The van der Waals surface area contributed by atoms with Crippen LogP contribution in [0.25, 0.3) is 0 Å². The summed E-state index contributed by atoms with van der Waals surface area (Å²) in [4.78, 5) is 13.3. The van der Waals surface area contributed by atoms with Gasteiger partial charge in [-0.05, 0) is 36.5 Å². The Morgan fingerprint density at radius 2 is 1.90 bits per heavy atom. The number of hydrogen-bond acceptors (Lipinski definition) is 2. The van der Waals surface area contributed by atoms with Crippen molar-refractivity contribution in [1.82, 2.24) is 0 Å². The van der Waals surface area contributed by atoms with Crippen LogP contribution < -0.4 is 4.90 Å². The van der Waals surface area contributed by atoms with Crippen molar-refractivity contribution in [2.24, 2.45) is 5.41 Å². The topological polar surface area (TPSA) is 40.5 Å². The molecule has 0 saturated carbocycles. The Morgan fingerprint density at radius 1 is 1.30 bits per heavy atom. The number of aromatic carboxylic acids is 1. The fourth-order valence-electron chi connectivity index (χ4n) is 3.13. The van der Waals surface area contributed by atoms with Crippen molar-refractivity contribution in [3.63, 3.8) is 0 Å². The van der Waals surface area contributed by atoms with E-state index in [1.807, 2.05) is 0 Å². The number of nitrogens with zero attached hydrogens (tertiary/aromatic N) is 1. The van der Waals surface area contributed by atoms with Crippen LogP contribution >= 0.6 is 0 Å². The van der Waals surface area contributed by atoms with Gasteiger partial charge in [-0.15, -0.1) is 0 Å². The van der Waals surface area contributed by atoms with Crippen LogP contribution in [-0.2, 0) is 0 Å². The summed E-state index contributed by atoms with van der Waals surface area (Å²) in [6.07, 6.45) is 4.45. The first-order chi connectivity index (χ1) is 9.51. The van der Waals surface area contributed by atoms with E-state index in [2.05, 4.69) is 18.7 Å². The van der Waals surface area contributed by atoms with E-state index >= 15 is 0 Å². The number of benzene rings is 1. The molecule has 0 atom stereocenters. The first-order valence-electron chi connectivity index (χ1n) is 7.29. The number of halogens is 1. The van der Waals surface area contributed by atoms with E-state index in [9.17, 15) is 14.3 Å². The maximum atomic E-state index is 13.2. The third-order valence-electron chi connectivity index (χ3n) is 4.85. The second-order valence-corrected chi connectivity index (χ2v) is 5.66. The van der Waals surface area contributed by atoms with Gasteiger partial charge in [0.1, 0.15) is 5.82 Å². The molecule has 20 heavy (non-hydrogen) atoms.